The molecule has 0 spiro atoms. The molecular weight excluding hydrogens is 488 g/mol. The van der Waals surface area contributed by atoms with Crippen LogP contribution in [0.1, 0.15) is 31.8 Å². The van der Waals surface area contributed by atoms with Crippen LogP contribution in [0.4, 0.5) is 0 Å². The molecular formula is C21H18Br2N2O3. The lowest BCUT2D eigenvalue weighted by Crippen LogP contribution is -2.25. The highest BCUT2D eigenvalue weighted by molar-refractivity contribution is 9.10. The van der Waals surface area contributed by atoms with Gasteiger partial charge in [-0.25, -0.2) is 0 Å². The lowest BCUT2D eigenvalue weighted by molar-refractivity contribution is -0.108. The summed E-state index contributed by atoms with van der Waals surface area (Å²) in [7, 11) is 0. The molecule has 2 heterocycles. The Morgan fingerprint density at radius 3 is 1.75 bits per heavy atom. The molecule has 2 amide bonds. The molecule has 0 bridgehead atoms. The number of hydrogen-bond acceptors (Lipinski definition) is 3. The molecule has 28 heavy (non-hydrogen) atoms. The molecule has 0 atom stereocenters. The Morgan fingerprint density at radius 1 is 0.857 bits per heavy atom. The number of benzene rings is 2. The summed E-state index contributed by atoms with van der Waals surface area (Å²) in [5, 5.41) is 0. The molecule has 0 N–H and O–H groups in total. The fourth-order valence-corrected chi connectivity index (χ4v) is 4.06. The third-order valence-electron chi connectivity index (χ3n) is 4.54. The predicted octanol–water partition coefficient (Wildman–Crippen LogP) is 4.19. The monoisotopic (exact) mass is 504 g/mol. The van der Waals surface area contributed by atoms with Crippen LogP contribution in [-0.2, 0) is 17.9 Å². The Balaban J connectivity index is 0.000000161. The number of halogens is 2. The van der Waals surface area contributed by atoms with Crippen LogP contribution in [0.5, 0.6) is 0 Å². The van der Waals surface area contributed by atoms with Crippen molar-refractivity contribution in [2.45, 2.75) is 13.1 Å². The molecule has 2 aromatic carbocycles. The second-order valence-corrected chi connectivity index (χ2v) is 8.26. The van der Waals surface area contributed by atoms with E-state index < -0.39 is 0 Å². The zero-order valence-corrected chi connectivity index (χ0v) is 18.2. The van der Waals surface area contributed by atoms with E-state index in [-0.39, 0.29) is 18.4 Å². The molecule has 0 saturated carbocycles. The standard InChI is InChI=1S/C11H10BrNO.C10H8BrNO2/c1-2-5-13-7-8-6-9(12)3-4-10(8)11(13)14;11-8-1-2-9-7(5-8)6-12(3-4-13)10(9)14/h2-4,6H,1,5,7H2;1-2,4-5H,3,6H2. The highest BCUT2D eigenvalue weighted by Crippen LogP contribution is 2.26. The minimum atomic E-state index is -0.0559. The Hall–Kier alpha value is -2.25. The second kappa shape index (κ2) is 8.84. The number of aldehydes is 1. The van der Waals surface area contributed by atoms with Crippen molar-refractivity contribution in [2.75, 3.05) is 13.1 Å². The van der Waals surface area contributed by atoms with Gasteiger partial charge in [0.2, 0.25) is 0 Å². The van der Waals surface area contributed by atoms with E-state index >= 15 is 0 Å². The van der Waals surface area contributed by atoms with Gasteiger partial charge in [-0.1, -0.05) is 37.9 Å². The first-order chi connectivity index (χ1) is 13.4. The fraction of sp³-hybridized carbons (Fsp3) is 0.190. The van der Waals surface area contributed by atoms with Gasteiger partial charge in [-0.2, -0.15) is 0 Å². The van der Waals surface area contributed by atoms with E-state index in [4.69, 9.17) is 0 Å². The Labute approximate surface area is 180 Å². The van der Waals surface area contributed by atoms with Crippen LogP contribution in [0, 0.1) is 0 Å². The van der Waals surface area contributed by atoms with Crippen LogP contribution in [0.15, 0.2) is 58.0 Å². The van der Waals surface area contributed by atoms with Crippen LogP contribution in [0.3, 0.4) is 0 Å². The maximum Gasteiger partial charge on any atom is 0.254 e. The van der Waals surface area contributed by atoms with Gasteiger partial charge in [0, 0.05) is 39.7 Å². The largest absolute Gasteiger partial charge is 0.331 e. The van der Waals surface area contributed by atoms with E-state index in [2.05, 4.69) is 38.4 Å². The van der Waals surface area contributed by atoms with Crippen molar-refractivity contribution in [1.29, 1.82) is 0 Å². The molecule has 0 radical (unpaired) electrons. The molecule has 0 unspecified atom stereocenters. The minimum Gasteiger partial charge on any atom is -0.331 e. The van der Waals surface area contributed by atoms with Crippen LogP contribution in [0.2, 0.25) is 0 Å². The van der Waals surface area contributed by atoms with Gasteiger partial charge in [-0.3, -0.25) is 9.59 Å². The average Bonchev–Trinajstić information content (AvgIpc) is 3.13. The third-order valence-corrected chi connectivity index (χ3v) is 5.52. The Morgan fingerprint density at radius 2 is 1.32 bits per heavy atom. The molecule has 4 rings (SSSR count). The minimum absolute atomic E-state index is 0.0559. The number of amides is 2. The van der Waals surface area contributed by atoms with E-state index in [1.54, 1.807) is 17.0 Å². The highest BCUT2D eigenvalue weighted by Gasteiger charge is 2.27. The van der Waals surface area contributed by atoms with Gasteiger partial charge in [0.25, 0.3) is 11.8 Å². The fourth-order valence-electron chi connectivity index (χ4n) is 3.24. The zero-order valence-electron chi connectivity index (χ0n) is 15.0. The lowest BCUT2D eigenvalue weighted by atomic mass is 10.1. The summed E-state index contributed by atoms with van der Waals surface area (Å²) in [5.74, 6) is 0.0481. The van der Waals surface area contributed by atoms with Crippen molar-refractivity contribution >= 4 is 50.0 Å². The van der Waals surface area contributed by atoms with Gasteiger partial charge in [0.1, 0.15) is 6.29 Å². The summed E-state index contributed by atoms with van der Waals surface area (Å²) in [6, 6.07) is 11.3. The van der Waals surface area contributed by atoms with Crippen LogP contribution < -0.4 is 0 Å². The quantitative estimate of drug-likeness (QED) is 0.462. The highest BCUT2D eigenvalue weighted by atomic mass is 79.9. The number of carbonyl (C=O) groups excluding carboxylic acids is 3. The number of hydrogen-bond donors (Lipinski definition) is 0. The molecule has 0 fully saturated rings. The number of carbonyl (C=O) groups is 3. The van der Waals surface area contributed by atoms with Crippen molar-refractivity contribution in [3.63, 3.8) is 0 Å². The Bertz CT molecular complexity index is 881. The van der Waals surface area contributed by atoms with E-state index in [0.29, 0.717) is 25.2 Å². The summed E-state index contributed by atoms with van der Waals surface area (Å²) in [6.45, 7) is 5.65. The first-order valence-corrected chi connectivity index (χ1v) is 10.2. The molecule has 2 aliphatic rings. The normalized spacial score (nSPS) is 14.4. The van der Waals surface area contributed by atoms with Gasteiger partial charge >= 0.3 is 0 Å². The van der Waals surface area contributed by atoms with E-state index in [1.165, 1.54) is 4.90 Å². The molecule has 7 heteroatoms. The van der Waals surface area contributed by atoms with E-state index in [0.717, 1.165) is 31.9 Å². The van der Waals surface area contributed by atoms with Gasteiger partial charge in [-0.15, -0.1) is 6.58 Å². The van der Waals surface area contributed by atoms with Gasteiger partial charge in [-0.05, 0) is 47.5 Å². The van der Waals surface area contributed by atoms with Gasteiger partial charge < -0.3 is 14.6 Å². The first kappa shape index (κ1) is 20.5. The van der Waals surface area contributed by atoms with Crippen molar-refractivity contribution in [2.24, 2.45) is 0 Å². The van der Waals surface area contributed by atoms with Crippen LogP contribution in [0.25, 0.3) is 0 Å². The third kappa shape index (κ3) is 4.25. The van der Waals surface area contributed by atoms with Crippen molar-refractivity contribution in [3.05, 3.63) is 80.3 Å². The summed E-state index contributed by atoms with van der Waals surface area (Å²) in [4.78, 5) is 37.0. The zero-order chi connectivity index (χ0) is 20.3. The second-order valence-electron chi connectivity index (χ2n) is 6.43. The molecule has 0 aliphatic carbocycles. The van der Waals surface area contributed by atoms with E-state index in [9.17, 15) is 14.4 Å². The number of rotatable bonds is 4. The number of fused-ring (bicyclic) bond motifs is 2. The average molecular weight is 506 g/mol. The van der Waals surface area contributed by atoms with Crippen molar-refractivity contribution in [3.8, 4) is 0 Å². The summed E-state index contributed by atoms with van der Waals surface area (Å²) in [6.07, 6.45) is 2.50. The smallest absolute Gasteiger partial charge is 0.254 e. The van der Waals surface area contributed by atoms with Crippen molar-refractivity contribution < 1.29 is 14.4 Å². The molecule has 0 saturated heterocycles. The maximum absolute atomic E-state index is 11.8. The molecule has 144 valence electrons. The van der Waals surface area contributed by atoms with Crippen molar-refractivity contribution in [1.82, 2.24) is 9.80 Å². The lowest BCUT2D eigenvalue weighted by Gasteiger charge is -2.11. The maximum atomic E-state index is 11.8. The van der Waals surface area contributed by atoms with Crippen LogP contribution in [-0.4, -0.2) is 41.0 Å². The predicted molar refractivity (Wildman–Crippen MR) is 114 cm³/mol. The van der Waals surface area contributed by atoms with Crippen LogP contribution >= 0.6 is 31.9 Å². The molecule has 5 nitrogen and oxygen atoms in total. The van der Waals surface area contributed by atoms with E-state index in [1.807, 2.05) is 30.3 Å². The topological polar surface area (TPSA) is 57.7 Å². The summed E-state index contributed by atoms with van der Waals surface area (Å²) in [5.41, 5.74) is 3.59. The van der Waals surface area contributed by atoms with Gasteiger partial charge in [0.15, 0.2) is 0 Å². The first-order valence-electron chi connectivity index (χ1n) is 8.64. The summed E-state index contributed by atoms with van der Waals surface area (Å²) >= 11 is 6.74. The molecule has 2 aliphatic heterocycles. The number of nitrogens with zero attached hydrogens (tertiary/aromatic N) is 2. The SMILES string of the molecule is C=CCN1Cc2cc(Br)ccc2C1=O.O=CCN1Cc2cc(Br)ccc2C1=O. The summed E-state index contributed by atoms with van der Waals surface area (Å²) < 4.78 is 1.97. The van der Waals surface area contributed by atoms with Gasteiger partial charge in [0.05, 0.1) is 6.54 Å². The molecule has 2 aromatic rings. The molecule has 0 aromatic heterocycles. The Kier molecular flexibility index (Phi) is 6.46.